The van der Waals surface area contributed by atoms with E-state index < -0.39 is 0 Å². The van der Waals surface area contributed by atoms with Gasteiger partial charge in [-0.15, -0.1) is 23.5 Å². The van der Waals surface area contributed by atoms with Crippen molar-refractivity contribution in [1.82, 2.24) is 0 Å². The highest BCUT2D eigenvalue weighted by Gasteiger charge is 2.09. The van der Waals surface area contributed by atoms with Crippen molar-refractivity contribution in [2.24, 2.45) is 4.99 Å². The third kappa shape index (κ3) is 4.94. The van der Waals surface area contributed by atoms with Gasteiger partial charge in [0.1, 0.15) is 0 Å². The molecule has 0 heterocycles. The molecule has 0 unspecified atom stereocenters. The highest BCUT2D eigenvalue weighted by molar-refractivity contribution is 8.00. The zero-order valence-electron chi connectivity index (χ0n) is 11.7. The Hall–Kier alpha value is -0.900. The molecule has 0 saturated carbocycles. The molecular weight excluding hydrogens is 274 g/mol. The monoisotopic (exact) mass is 295 g/mol. The molecule has 5 heteroatoms. The maximum Gasteiger partial charge on any atom is 0.0918 e. The minimum absolute atomic E-state index is 0.832. The molecule has 1 rings (SSSR count). The molecule has 0 spiro atoms. The molecule has 0 aliphatic rings. The number of aliphatic imine (C=N–C) groups is 1. The first kappa shape index (κ1) is 16.2. The van der Waals surface area contributed by atoms with Crippen LogP contribution in [0, 0.1) is 5.41 Å². The van der Waals surface area contributed by atoms with Crippen LogP contribution < -0.4 is 5.32 Å². The summed E-state index contributed by atoms with van der Waals surface area (Å²) in [5.41, 5.74) is 1.91. The van der Waals surface area contributed by atoms with Crippen LogP contribution in [-0.4, -0.2) is 24.6 Å². The maximum atomic E-state index is 7.05. The normalized spacial score (nSPS) is 10.1. The number of benzene rings is 1. The molecule has 0 fully saturated rings. The fraction of sp³-hybridized carbons (Fsp3) is 0.500. The molecule has 0 aromatic heterocycles. The summed E-state index contributed by atoms with van der Waals surface area (Å²) >= 11 is 3.66. The highest BCUT2D eigenvalue weighted by atomic mass is 32.2. The van der Waals surface area contributed by atoms with E-state index in [1.165, 1.54) is 4.90 Å². The lowest BCUT2D eigenvalue weighted by molar-refractivity contribution is 1.10. The van der Waals surface area contributed by atoms with Gasteiger partial charge in [-0.25, -0.2) is 5.41 Å². The van der Waals surface area contributed by atoms with E-state index in [9.17, 15) is 0 Å². The smallest absolute Gasteiger partial charge is 0.0918 e. The topological polar surface area (TPSA) is 48.2 Å². The van der Waals surface area contributed by atoms with Crippen LogP contribution >= 0.6 is 23.5 Å². The van der Waals surface area contributed by atoms with Crippen molar-refractivity contribution in [2.75, 3.05) is 23.9 Å². The van der Waals surface area contributed by atoms with Crippen molar-refractivity contribution in [2.45, 2.75) is 36.5 Å². The number of rotatable bonds is 8. The van der Waals surface area contributed by atoms with Crippen LogP contribution in [0.3, 0.4) is 0 Å². The van der Waals surface area contributed by atoms with E-state index in [1.807, 2.05) is 24.9 Å². The Morgan fingerprint density at radius 1 is 1.16 bits per heavy atom. The highest BCUT2D eigenvalue weighted by Crippen LogP contribution is 2.39. The summed E-state index contributed by atoms with van der Waals surface area (Å²) in [5, 5.41) is 10.3. The van der Waals surface area contributed by atoms with Crippen LogP contribution in [0.2, 0.25) is 0 Å². The van der Waals surface area contributed by atoms with Gasteiger partial charge in [0, 0.05) is 22.5 Å². The summed E-state index contributed by atoms with van der Waals surface area (Å²) in [6.07, 6.45) is 2.29. The molecule has 0 amide bonds. The predicted octanol–water partition coefficient (Wildman–Crippen LogP) is 5.12. The third-order valence-electron chi connectivity index (χ3n) is 2.43. The van der Waals surface area contributed by atoms with Crippen molar-refractivity contribution in [3.63, 3.8) is 0 Å². The fourth-order valence-electron chi connectivity index (χ4n) is 1.55. The first-order valence-electron chi connectivity index (χ1n) is 6.50. The molecular formula is C14H21N3S2. The van der Waals surface area contributed by atoms with Gasteiger partial charge >= 0.3 is 0 Å². The van der Waals surface area contributed by atoms with Gasteiger partial charge in [0.05, 0.1) is 11.7 Å². The van der Waals surface area contributed by atoms with Crippen molar-refractivity contribution >= 4 is 40.9 Å². The van der Waals surface area contributed by atoms with E-state index in [1.54, 1.807) is 11.8 Å². The van der Waals surface area contributed by atoms with E-state index in [-0.39, 0.29) is 0 Å². The van der Waals surface area contributed by atoms with Crippen LogP contribution in [0.15, 0.2) is 26.9 Å². The zero-order valence-corrected chi connectivity index (χ0v) is 13.4. The molecule has 0 bridgehead atoms. The number of nitrogens with zero attached hydrogens (tertiary/aromatic N) is 1. The largest absolute Gasteiger partial charge is 0.387 e. The molecule has 2 N–H and O–H groups in total. The second kappa shape index (κ2) is 9.08. The summed E-state index contributed by atoms with van der Waals surface area (Å²) in [6, 6.07) is 6.34. The predicted molar refractivity (Wildman–Crippen MR) is 87.8 cm³/mol. The van der Waals surface area contributed by atoms with Gasteiger partial charge in [-0.2, -0.15) is 4.99 Å². The minimum atomic E-state index is 0.832. The molecule has 0 aliphatic heterocycles. The Labute approximate surface area is 124 Å². The zero-order chi connectivity index (χ0) is 14.1. The molecule has 19 heavy (non-hydrogen) atoms. The second-order valence-electron chi connectivity index (χ2n) is 3.99. The Bertz CT molecular complexity index is 454. The van der Waals surface area contributed by atoms with Gasteiger partial charge in [-0.1, -0.05) is 13.8 Å². The Morgan fingerprint density at radius 3 is 2.32 bits per heavy atom. The number of hydrogen-bond donors (Lipinski definition) is 2. The van der Waals surface area contributed by atoms with Gasteiger partial charge in [-0.05, 0) is 36.5 Å². The quantitative estimate of drug-likeness (QED) is 0.517. The summed E-state index contributed by atoms with van der Waals surface area (Å²) < 4.78 is 0. The number of hydrogen-bond acceptors (Lipinski definition) is 5. The molecule has 0 aliphatic carbocycles. The van der Waals surface area contributed by atoms with Crippen molar-refractivity contribution in [3.05, 3.63) is 12.1 Å². The fourth-order valence-corrected chi connectivity index (χ4v) is 3.45. The lowest BCUT2D eigenvalue weighted by atomic mass is 10.3. The number of nitrogens with one attached hydrogen (secondary N) is 2. The average molecular weight is 295 g/mol. The molecule has 3 nitrogen and oxygen atoms in total. The Balaban J connectivity index is 3.13. The molecule has 1 aromatic rings. The first-order chi connectivity index (χ1) is 9.26. The second-order valence-corrected chi connectivity index (χ2v) is 6.26. The first-order valence-corrected chi connectivity index (χ1v) is 8.47. The van der Waals surface area contributed by atoms with Crippen LogP contribution in [0.5, 0.6) is 0 Å². The molecule has 0 radical (unpaired) electrons. The van der Waals surface area contributed by atoms with Crippen LogP contribution in [0.1, 0.15) is 26.7 Å². The van der Waals surface area contributed by atoms with E-state index >= 15 is 0 Å². The Kier molecular flexibility index (Phi) is 7.72. The van der Waals surface area contributed by atoms with Gasteiger partial charge in [-0.3, -0.25) is 0 Å². The van der Waals surface area contributed by atoms with Gasteiger partial charge in [0.2, 0.25) is 0 Å². The maximum absolute atomic E-state index is 7.05. The van der Waals surface area contributed by atoms with Gasteiger partial charge in [0.25, 0.3) is 0 Å². The average Bonchev–Trinajstić information content (AvgIpc) is 2.44. The van der Waals surface area contributed by atoms with Crippen LogP contribution in [-0.2, 0) is 0 Å². The molecule has 1 aromatic carbocycles. The minimum Gasteiger partial charge on any atom is -0.387 e. The van der Waals surface area contributed by atoms with Gasteiger partial charge < -0.3 is 5.32 Å². The summed E-state index contributed by atoms with van der Waals surface area (Å²) in [7, 11) is 1.92. The summed E-state index contributed by atoms with van der Waals surface area (Å²) in [5.74, 6) is 2.18. The van der Waals surface area contributed by atoms with Crippen molar-refractivity contribution in [1.29, 1.82) is 5.41 Å². The van der Waals surface area contributed by atoms with Gasteiger partial charge in [0.15, 0.2) is 0 Å². The SMILES string of the molecule is CCCSc1cc(SCCC)c(NC)cc1N=C=N. The molecule has 0 atom stereocenters. The summed E-state index contributed by atoms with van der Waals surface area (Å²) in [6.45, 7) is 4.35. The molecule has 0 saturated heterocycles. The lowest BCUT2D eigenvalue weighted by Gasteiger charge is -2.12. The van der Waals surface area contributed by atoms with E-state index in [0.29, 0.717) is 0 Å². The van der Waals surface area contributed by atoms with Crippen molar-refractivity contribution < 1.29 is 0 Å². The lowest BCUT2D eigenvalue weighted by Crippen LogP contribution is -1.93. The Morgan fingerprint density at radius 2 is 1.79 bits per heavy atom. The standard InChI is InChI=1S/C14H21N3S2/c1-4-6-18-13-9-14(19-7-5-2)12(17-10-15)8-11(13)16-3/h8-9,15-16H,4-7H2,1-3H3. The molecule has 104 valence electrons. The van der Waals surface area contributed by atoms with E-state index in [0.717, 1.165) is 40.6 Å². The number of thioether (sulfide) groups is 2. The van der Waals surface area contributed by atoms with Crippen molar-refractivity contribution in [3.8, 4) is 0 Å². The number of anilines is 1. The van der Waals surface area contributed by atoms with Crippen LogP contribution in [0.4, 0.5) is 11.4 Å². The third-order valence-corrected chi connectivity index (χ3v) is 4.94. The van der Waals surface area contributed by atoms with E-state index in [2.05, 4.69) is 36.2 Å². The van der Waals surface area contributed by atoms with Crippen LogP contribution in [0.25, 0.3) is 0 Å². The summed E-state index contributed by atoms with van der Waals surface area (Å²) in [4.78, 5) is 6.43. The van der Waals surface area contributed by atoms with E-state index in [4.69, 9.17) is 5.41 Å².